The monoisotopic (exact) mass is 508 g/mol. The number of hydrogen-bond donors (Lipinski definition) is 2. The molecule has 3 rings (SSSR count). The Morgan fingerprint density at radius 2 is 1.81 bits per heavy atom. The minimum absolute atomic E-state index is 0.00168. The second-order valence-corrected chi connectivity index (χ2v) is 7.63. The Morgan fingerprint density at radius 1 is 1.05 bits per heavy atom. The van der Waals surface area contributed by atoms with Gasteiger partial charge in [-0.3, -0.25) is 19.7 Å². The lowest BCUT2D eigenvalue weighted by molar-refractivity contribution is -0.384. The minimum atomic E-state index is -0.636. The topological polar surface area (TPSA) is 132 Å². The van der Waals surface area contributed by atoms with Crippen LogP contribution in [0.1, 0.15) is 34.8 Å². The van der Waals surface area contributed by atoms with Crippen LogP contribution >= 0.6 is 0 Å². The Labute approximate surface area is 212 Å². The summed E-state index contributed by atoms with van der Waals surface area (Å²) in [5, 5.41) is 17.2. The highest BCUT2D eigenvalue weighted by Crippen LogP contribution is 2.29. The summed E-state index contributed by atoms with van der Waals surface area (Å²) in [6, 6.07) is 16.7. The largest absolute Gasteiger partial charge is 0.490 e. The summed E-state index contributed by atoms with van der Waals surface area (Å²) in [4.78, 5) is 34.3. The number of amides is 2. The van der Waals surface area contributed by atoms with E-state index in [0.717, 1.165) is 5.56 Å². The minimum Gasteiger partial charge on any atom is -0.490 e. The van der Waals surface area contributed by atoms with E-state index in [0.29, 0.717) is 23.7 Å². The Hall–Kier alpha value is -4.80. The van der Waals surface area contributed by atoms with Crippen LogP contribution in [0.25, 0.3) is 0 Å². The normalized spacial score (nSPS) is 10.6. The number of nitrogens with one attached hydrogen (secondary N) is 2. The van der Waals surface area contributed by atoms with Crippen molar-refractivity contribution in [3.8, 4) is 11.5 Å². The van der Waals surface area contributed by atoms with Crippen molar-refractivity contribution < 1.29 is 28.4 Å². The van der Waals surface area contributed by atoms with Gasteiger partial charge in [0, 0.05) is 25.1 Å². The number of carbonyl (C=O) groups excluding carboxylic acids is 2. The standard InChI is InChI=1S/C26H25FN4O6/c1-2-36-24-15-19(9-12-23(24)37-17-18-7-10-20(11-8-18)31(34)35)16-29-30-25(32)13-14-28-26(33)21-5-3-4-6-22(21)27/h3-12,15-16H,2,13-14,17H2,1H3,(H,28,33)(H,30,32). The average molecular weight is 509 g/mol. The van der Waals surface area contributed by atoms with Crippen molar-refractivity contribution in [2.75, 3.05) is 13.2 Å². The molecule has 0 radical (unpaired) electrons. The molecule has 0 atom stereocenters. The predicted molar refractivity (Wildman–Crippen MR) is 134 cm³/mol. The van der Waals surface area contributed by atoms with Crippen LogP contribution in [0, 0.1) is 15.9 Å². The molecule has 3 aromatic rings. The van der Waals surface area contributed by atoms with E-state index in [-0.39, 0.29) is 30.8 Å². The zero-order valence-corrected chi connectivity index (χ0v) is 20.0. The number of nitrogens with zero attached hydrogens (tertiary/aromatic N) is 2. The van der Waals surface area contributed by atoms with Gasteiger partial charge >= 0.3 is 0 Å². The van der Waals surface area contributed by atoms with E-state index in [1.165, 1.54) is 36.5 Å². The second kappa shape index (κ2) is 13.3. The maximum absolute atomic E-state index is 13.6. The molecule has 37 heavy (non-hydrogen) atoms. The third-order valence-corrected chi connectivity index (χ3v) is 4.97. The molecule has 0 aliphatic heterocycles. The summed E-state index contributed by atoms with van der Waals surface area (Å²) in [7, 11) is 0. The summed E-state index contributed by atoms with van der Waals surface area (Å²) in [6.07, 6.45) is 1.38. The Kier molecular flexibility index (Phi) is 9.66. The van der Waals surface area contributed by atoms with Crippen molar-refractivity contribution in [2.45, 2.75) is 20.0 Å². The van der Waals surface area contributed by atoms with E-state index in [1.807, 2.05) is 6.92 Å². The van der Waals surface area contributed by atoms with Crippen LogP contribution < -0.4 is 20.2 Å². The van der Waals surface area contributed by atoms with Gasteiger partial charge in [-0.2, -0.15) is 5.10 Å². The molecule has 0 heterocycles. The van der Waals surface area contributed by atoms with Crippen LogP contribution in [0.15, 0.2) is 71.8 Å². The predicted octanol–water partition coefficient (Wildman–Crippen LogP) is 3.98. The highest BCUT2D eigenvalue weighted by Gasteiger charge is 2.11. The van der Waals surface area contributed by atoms with Crippen LogP contribution in [0.5, 0.6) is 11.5 Å². The van der Waals surface area contributed by atoms with Crippen molar-refractivity contribution in [2.24, 2.45) is 5.10 Å². The molecule has 0 bridgehead atoms. The van der Waals surface area contributed by atoms with Gasteiger partial charge in [-0.05, 0) is 60.5 Å². The third kappa shape index (κ3) is 8.13. The molecule has 2 amide bonds. The maximum atomic E-state index is 13.6. The number of non-ortho nitro benzene ring substituents is 1. The smallest absolute Gasteiger partial charge is 0.269 e. The molecule has 11 heteroatoms. The number of rotatable bonds is 12. The molecule has 2 N–H and O–H groups in total. The number of halogens is 1. The summed E-state index contributed by atoms with van der Waals surface area (Å²) >= 11 is 0. The zero-order chi connectivity index (χ0) is 26.6. The Bertz CT molecular complexity index is 1280. The molecule has 3 aromatic carbocycles. The van der Waals surface area contributed by atoms with Crippen molar-refractivity contribution in [1.82, 2.24) is 10.7 Å². The molecule has 0 saturated carbocycles. The fraction of sp³-hybridized carbons (Fsp3) is 0.192. The number of carbonyl (C=O) groups is 2. The molecule has 10 nitrogen and oxygen atoms in total. The van der Waals surface area contributed by atoms with Gasteiger partial charge in [0.1, 0.15) is 12.4 Å². The van der Waals surface area contributed by atoms with Gasteiger partial charge < -0.3 is 14.8 Å². The lowest BCUT2D eigenvalue weighted by Gasteiger charge is -2.12. The summed E-state index contributed by atoms with van der Waals surface area (Å²) in [6.45, 7) is 2.43. The molecule has 0 unspecified atom stereocenters. The SMILES string of the molecule is CCOc1cc(C=NNC(=O)CCNC(=O)c2ccccc2F)ccc1OCc1ccc([N+](=O)[O-])cc1. The molecule has 0 aliphatic carbocycles. The molecule has 0 spiro atoms. The fourth-order valence-electron chi connectivity index (χ4n) is 3.13. The lowest BCUT2D eigenvalue weighted by Crippen LogP contribution is -2.29. The summed E-state index contributed by atoms with van der Waals surface area (Å²) < 4.78 is 25.1. The second-order valence-electron chi connectivity index (χ2n) is 7.63. The maximum Gasteiger partial charge on any atom is 0.269 e. The van der Waals surface area contributed by atoms with Gasteiger partial charge in [0.15, 0.2) is 11.5 Å². The van der Waals surface area contributed by atoms with Crippen molar-refractivity contribution in [1.29, 1.82) is 0 Å². The van der Waals surface area contributed by atoms with Gasteiger partial charge in [-0.15, -0.1) is 0 Å². The molecule has 0 aromatic heterocycles. The van der Waals surface area contributed by atoms with Crippen LogP contribution in [0.2, 0.25) is 0 Å². The molecule has 0 fully saturated rings. The number of ether oxygens (including phenoxy) is 2. The van der Waals surface area contributed by atoms with Crippen molar-refractivity contribution in [3.05, 3.63) is 99.4 Å². The highest BCUT2D eigenvalue weighted by atomic mass is 19.1. The summed E-state index contributed by atoms with van der Waals surface area (Å²) in [5.74, 6) is -0.724. The first-order chi connectivity index (χ1) is 17.9. The van der Waals surface area contributed by atoms with Crippen LogP contribution in [-0.2, 0) is 11.4 Å². The van der Waals surface area contributed by atoms with E-state index in [1.54, 1.807) is 36.4 Å². The Balaban J connectivity index is 1.50. The molecule has 0 saturated heterocycles. The quantitative estimate of drug-likeness (QED) is 0.216. The molecule has 0 aliphatic rings. The molecular weight excluding hydrogens is 483 g/mol. The van der Waals surface area contributed by atoms with E-state index in [2.05, 4.69) is 15.8 Å². The average Bonchev–Trinajstić information content (AvgIpc) is 2.89. The van der Waals surface area contributed by atoms with E-state index >= 15 is 0 Å². The number of hydrazone groups is 1. The first-order valence-electron chi connectivity index (χ1n) is 11.3. The van der Waals surface area contributed by atoms with E-state index in [9.17, 15) is 24.1 Å². The first-order valence-corrected chi connectivity index (χ1v) is 11.3. The molecule has 192 valence electrons. The van der Waals surface area contributed by atoms with E-state index < -0.39 is 22.6 Å². The molecular formula is C26H25FN4O6. The fourth-order valence-corrected chi connectivity index (χ4v) is 3.13. The van der Waals surface area contributed by atoms with Gasteiger partial charge in [-0.1, -0.05) is 12.1 Å². The third-order valence-electron chi connectivity index (χ3n) is 4.97. The van der Waals surface area contributed by atoms with Crippen LogP contribution in [0.4, 0.5) is 10.1 Å². The van der Waals surface area contributed by atoms with Crippen molar-refractivity contribution in [3.63, 3.8) is 0 Å². The van der Waals surface area contributed by atoms with E-state index in [4.69, 9.17) is 9.47 Å². The first kappa shape index (κ1) is 26.8. The van der Waals surface area contributed by atoms with Gasteiger partial charge in [0.05, 0.1) is 23.3 Å². The lowest BCUT2D eigenvalue weighted by atomic mass is 10.2. The number of hydrogen-bond acceptors (Lipinski definition) is 7. The summed E-state index contributed by atoms with van der Waals surface area (Å²) in [5.41, 5.74) is 3.67. The van der Waals surface area contributed by atoms with Crippen LogP contribution in [-0.4, -0.2) is 36.1 Å². The highest BCUT2D eigenvalue weighted by molar-refractivity contribution is 5.94. The number of nitro benzene ring substituents is 1. The van der Waals surface area contributed by atoms with Gasteiger partial charge in [-0.25, -0.2) is 9.82 Å². The van der Waals surface area contributed by atoms with Crippen LogP contribution in [0.3, 0.4) is 0 Å². The zero-order valence-electron chi connectivity index (χ0n) is 20.0. The van der Waals surface area contributed by atoms with Crippen molar-refractivity contribution >= 4 is 23.7 Å². The number of nitro groups is 1. The Morgan fingerprint density at radius 3 is 2.51 bits per heavy atom. The van der Waals surface area contributed by atoms with Gasteiger partial charge in [0.2, 0.25) is 5.91 Å². The van der Waals surface area contributed by atoms with Gasteiger partial charge in [0.25, 0.3) is 11.6 Å². The number of benzene rings is 3.